The van der Waals surface area contributed by atoms with Gasteiger partial charge in [0.2, 0.25) is 10.0 Å². The van der Waals surface area contributed by atoms with Crippen molar-refractivity contribution < 1.29 is 22.4 Å². The lowest BCUT2D eigenvalue weighted by Crippen LogP contribution is -2.25. The quantitative estimate of drug-likeness (QED) is 0.636. The highest BCUT2D eigenvalue weighted by atomic mass is 32.2. The monoisotopic (exact) mass is 400 g/mol. The third-order valence-electron chi connectivity index (χ3n) is 4.54. The first-order valence-corrected chi connectivity index (χ1v) is 10.4. The average molecular weight is 400 g/mol. The van der Waals surface area contributed by atoms with Crippen molar-refractivity contribution >= 4 is 26.9 Å². The van der Waals surface area contributed by atoms with Gasteiger partial charge in [0.05, 0.1) is 12.0 Å². The highest BCUT2D eigenvalue weighted by Crippen LogP contribution is 2.28. The Morgan fingerprint density at radius 2 is 1.93 bits per heavy atom. The number of furan rings is 1. The number of fused-ring (bicyclic) bond motifs is 1. The van der Waals surface area contributed by atoms with Crippen molar-refractivity contribution in [3.63, 3.8) is 0 Å². The van der Waals surface area contributed by atoms with Crippen LogP contribution in [0.25, 0.3) is 11.0 Å². The molecule has 4 rings (SSSR count). The van der Waals surface area contributed by atoms with E-state index in [-0.39, 0.29) is 29.1 Å². The lowest BCUT2D eigenvalue weighted by molar-refractivity contribution is 0.0925. The molecule has 1 amide bonds. The Labute approximate surface area is 162 Å². The molecule has 0 aliphatic heterocycles. The maximum Gasteiger partial charge on any atom is 0.287 e. The topological polar surface area (TPSA) is 97.6 Å². The average Bonchev–Trinajstić information content (AvgIpc) is 3.38. The molecule has 0 atom stereocenters. The minimum Gasteiger partial charge on any atom is -0.493 e. The van der Waals surface area contributed by atoms with Gasteiger partial charge in [0.15, 0.2) is 17.1 Å². The molecule has 8 heteroatoms. The number of hydrogen-bond donors (Lipinski definition) is 2. The number of para-hydroxylation sites is 1. The van der Waals surface area contributed by atoms with Crippen LogP contribution in [0.3, 0.4) is 0 Å². The summed E-state index contributed by atoms with van der Waals surface area (Å²) in [5.41, 5.74) is 1.31. The zero-order valence-electron chi connectivity index (χ0n) is 15.3. The highest BCUT2D eigenvalue weighted by molar-refractivity contribution is 7.89. The number of carbonyl (C=O) groups is 1. The smallest absolute Gasteiger partial charge is 0.287 e. The second-order valence-electron chi connectivity index (χ2n) is 6.71. The molecule has 1 fully saturated rings. The molecular weight excluding hydrogens is 380 g/mol. The molecule has 28 heavy (non-hydrogen) atoms. The molecule has 2 N–H and O–H groups in total. The summed E-state index contributed by atoms with van der Waals surface area (Å²) in [6, 6.07) is 13.6. The van der Waals surface area contributed by atoms with Crippen LogP contribution in [0, 0.1) is 0 Å². The fourth-order valence-electron chi connectivity index (χ4n) is 2.85. The van der Waals surface area contributed by atoms with Crippen LogP contribution in [0.15, 0.2) is 57.8 Å². The number of hydrogen-bond acceptors (Lipinski definition) is 5. The number of methoxy groups -OCH3 is 1. The fourth-order valence-corrected chi connectivity index (χ4v) is 4.16. The van der Waals surface area contributed by atoms with Gasteiger partial charge in [-0.25, -0.2) is 13.1 Å². The number of benzene rings is 2. The first-order valence-electron chi connectivity index (χ1n) is 8.92. The predicted octanol–water partition coefficient (Wildman–Crippen LogP) is 2.81. The van der Waals surface area contributed by atoms with Crippen molar-refractivity contribution in [2.75, 3.05) is 7.11 Å². The van der Waals surface area contributed by atoms with E-state index in [1.165, 1.54) is 12.1 Å². The maximum absolute atomic E-state index is 12.4. The van der Waals surface area contributed by atoms with Gasteiger partial charge >= 0.3 is 0 Å². The van der Waals surface area contributed by atoms with Crippen LogP contribution >= 0.6 is 0 Å². The maximum atomic E-state index is 12.4. The summed E-state index contributed by atoms with van der Waals surface area (Å²) in [7, 11) is -1.93. The van der Waals surface area contributed by atoms with Gasteiger partial charge in [-0.3, -0.25) is 4.79 Å². The van der Waals surface area contributed by atoms with Gasteiger partial charge in [-0.15, -0.1) is 0 Å². The van der Waals surface area contributed by atoms with Gasteiger partial charge in [-0.1, -0.05) is 24.3 Å². The van der Waals surface area contributed by atoms with Gasteiger partial charge in [-0.05, 0) is 42.7 Å². The van der Waals surface area contributed by atoms with Crippen molar-refractivity contribution in [3.8, 4) is 5.75 Å². The number of nitrogens with one attached hydrogen (secondary N) is 2. The van der Waals surface area contributed by atoms with Gasteiger partial charge < -0.3 is 14.5 Å². The number of carbonyl (C=O) groups excluding carboxylic acids is 1. The number of ether oxygens (including phenoxy) is 1. The standard InChI is InChI=1S/C20H20N2O5S/c1-26-17-4-2-3-14-11-18(27-19(14)17)20(23)21-12-13-5-9-16(10-6-13)28(24,25)22-15-7-8-15/h2-6,9-11,15,22H,7-8,12H2,1H3,(H,21,23). The summed E-state index contributed by atoms with van der Waals surface area (Å²) in [6.07, 6.45) is 1.77. The molecule has 0 unspecified atom stereocenters. The molecular formula is C20H20N2O5S. The van der Waals surface area contributed by atoms with Crippen LogP contribution in [0.1, 0.15) is 29.0 Å². The molecule has 3 aromatic rings. The Bertz CT molecular complexity index is 1120. The first kappa shape index (κ1) is 18.5. The molecule has 1 aliphatic carbocycles. The van der Waals surface area contributed by atoms with E-state index in [9.17, 15) is 13.2 Å². The van der Waals surface area contributed by atoms with Crippen LogP contribution in [0.2, 0.25) is 0 Å². The third kappa shape index (κ3) is 3.88. The van der Waals surface area contributed by atoms with Crippen molar-refractivity contribution in [1.82, 2.24) is 10.0 Å². The van der Waals surface area contributed by atoms with Gasteiger partial charge in [0.25, 0.3) is 5.91 Å². The zero-order chi connectivity index (χ0) is 19.7. The number of rotatable bonds is 7. The van der Waals surface area contributed by atoms with E-state index >= 15 is 0 Å². The zero-order valence-corrected chi connectivity index (χ0v) is 16.1. The minimum absolute atomic E-state index is 0.0615. The molecule has 0 saturated heterocycles. The van der Waals surface area contributed by atoms with Crippen molar-refractivity contribution in [2.45, 2.75) is 30.3 Å². The molecule has 0 radical (unpaired) electrons. The molecule has 1 aliphatic rings. The molecule has 146 valence electrons. The van der Waals surface area contributed by atoms with Gasteiger partial charge in [-0.2, -0.15) is 0 Å². The first-order chi connectivity index (χ1) is 13.5. The van der Waals surface area contributed by atoms with E-state index in [4.69, 9.17) is 9.15 Å². The summed E-state index contributed by atoms with van der Waals surface area (Å²) in [5, 5.41) is 3.56. The fraction of sp³-hybridized carbons (Fsp3) is 0.250. The van der Waals surface area contributed by atoms with Crippen molar-refractivity contribution in [3.05, 3.63) is 59.9 Å². The second kappa shape index (κ2) is 7.29. The van der Waals surface area contributed by atoms with Gasteiger partial charge in [0, 0.05) is 18.0 Å². The molecule has 1 heterocycles. The van der Waals surface area contributed by atoms with E-state index in [0.717, 1.165) is 23.8 Å². The van der Waals surface area contributed by atoms with Crippen molar-refractivity contribution in [2.24, 2.45) is 0 Å². The van der Waals surface area contributed by atoms with Crippen LogP contribution in [-0.4, -0.2) is 27.5 Å². The number of sulfonamides is 1. The molecule has 7 nitrogen and oxygen atoms in total. The Morgan fingerprint density at radius 3 is 2.61 bits per heavy atom. The highest BCUT2D eigenvalue weighted by Gasteiger charge is 2.27. The Hall–Kier alpha value is -2.84. The van der Waals surface area contributed by atoms with E-state index in [2.05, 4.69) is 10.0 Å². The minimum atomic E-state index is -3.47. The summed E-state index contributed by atoms with van der Waals surface area (Å²) < 4.78 is 37.9. The Kier molecular flexibility index (Phi) is 4.82. The van der Waals surface area contributed by atoms with Crippen LogP contribution in [-0.2, 0) is 16.6 Å². The van der Waals surface area contributed by atoms with Crippen LogP contribution in [0.4, 0.5) is 0 Å². The summed E-state index contributed by atoms with van der Waals surface area (Å²) >= 11 is 0. The van der Waals surface area contributed by atoms with E-state index in [0.29, 0.717) is 11.3 Å². The SMILES string of the molecule is COc1cccc2cc(C(=O)NCc3ccc(S(=O)(=O)NC4CC4)cc3)oc12. The normalized spacial score (nSPS) is 14.2. The lowest BCUT2D eigenvalue weighted by atomic mass is 10.2. The Balaban J connectivity index is 1.42. The summed E-state index contributed by atoms with van der Waals surface area (Å²) in [6.45, 7) is 0.253. The lowest BCUT2D eigenvalue weighted by Gasteiger charge is -2.07. The van der Waals surface area contributed by atoms with Crippen LogP contribution < -0.4 is 14.8 Å². The molecule has 0 spiro atoms. The Morgan fingerprint density at radius 1 is 1.18 bits per heavy atom. The second-order valence-corrected chi connectivity index (χ2v) is 8.43. The summed E-state index contributed by atoms with van der Waals surface area (Å²) in [5.74, 6) is 0.394. The largest absolute Gasteiger partial charge is 0.493 e. The van der Waals surface area contributed by atoms with E-state index in [1.807, 2.05) is 12.1 Å². The van der Waals surface area contributed by atoms with E-state index in [1.54, 1.807) is 31.4 Å². The van der Waals surface area contributed by atoms with Crippen LogP contribution in [0.5, 0.6) is 5.75 Å². The molecule has 1 saturated carbocycles. The van der Waals surface area contributed by atoms with E-state index < -0.39 is 10.0 Å². The predicted molar refractivity (Wildman–Crippen MR) is 104 cm³/mol. The van der Waals surface area contributed by atoms with Crippen molar-refractivity contribution in [1.29, 1.82) is 0 Å². The molecule has 0 bridgehead atoms. The summed E-state index contributed by atoms with van der Waals surface area (Å²) in [4.78, 5) is 12.6. The molecule has 2 aromatic carbocycles. The third-order valence-corrected chi connectivity index (χ3v) is 6.07. The van der Waals surface area contributed by atoms with Gasteiger partial charge in [0.1, 0.15) is 0 Å². The number of amides is 1. The molecule has 1 aromatic heterocycles.